The number of aliphatic hydroxyl groups is 1. The number of anilines is 1. The van der Waals surface area contributed by atoms with E-state index in [2.05, 4.69) is 5.32 Å². The van der Waals surface area contributed by atoms with E-state index in [-0.39, 0.29) is 12.1 Å². The van der Waals surface area contributed by atoms with E-state index >= 15 is 0 Å². The summed E-state index contributed by atoms with van der Waals surface area (Å²) in [6.07, 6.45) is 3.64. The van der Waals surface area contributed by atoms with E-state index in [9.17, 15) is 5.11 Å². The fraction of sp³-hybridized carbons (Fsp3) is 0.500. The quantitative estimate of drug-likeness (QED) is 0.794. The van der Waals surface area contributed by atoms with Crippen LogP contribution >= 0.6 is 34.8 Å². The van der Waals surface area contributed by atoms with Crippen LogP contribution in [0.5, 0.6) is 0 Å². The van der Waals surface area contributed by atoms with Gasteiger partial charge in [-0.2, -0.15) is 0 Å². The monoisotopic (exact) mass is 293 g/mol. The number of hydrogen-bond acceptors (Lipinski definition) is 2. The van der Waals surface area contributed by atoms with E-state index in [1.165, 1.54) is 0 Å². The van der Waals surface area contributed by atoms with Gasteiger partial charge in [0, 0.05) is 0 Å². The van der Waals surface area contributed by atoms with Crippen molar-refractivity contribution in [1.82, 2.24) is 0 Å². The van der Waals surface area contributed by atoms with Crippen LogP contribution in [0.4, 0.5) is 5.69 Å². The van der Waals surface area contributed by atoms with Crippen LogP contribution in [0.1, 0.15) is 25.7 Å². The minimum absolute atomic E-state index is 0.0403. The summed E-state index contributed by atoms with van der Waals surface area (Å²) < 4.78 is 0. The molecule has 0 radical (unpaired) electrons. The van der Waals surface area contributed by atoms with E-state index in [4.69, 9.17) is 34.8 Å². The summed E-state index contributed by atoms with van der Waals surface area (Å²) in [5.74, 6) is 0. The highest BCUT2D eigenvalue weighted by molar-refractivity contribution is 6.44. The van der Waals surface area contributed by atoms with Gasteiger partial charge >= 0.3 is 0 Å². The van der Waals surface area contributed by atoms with Crippen molar-refractivity contribution in [3.05, 3.63) is 27.2 Å². The third-order valence-electron chi connectivity index (χ3n) is 3.08. The largest absolute Gasteiger partial charge is 0.391 e. The molecule has 94 valence electrons. The molecule has 1 aromatic carbocycles. The van der Waals surface area contributed by atoms with Crippen LogP contribution in [0, 0.1) is 0 Å². The molecule has 2 rings (SSSR count). The zero-order chi connectivity index (χ0) is 12.4. The van der Waals surface area contributed by atoms with E-state index < -0.39 is 0 Å². The Bertz CT molecular complexity index is 411. The van der Waals surface area contributed by atoms with Crippen molar-refractivity contribution in [2.24, 2.45) is 0 Å². The van der Waals surface area contributed by atoms with Gasteiger partial charge in [-0.1, -0.05) is 47.6 Å². The molecule has 2 nitrogen and oxygen atoms in total. The molecule has 1 saturated carbocycles. The Morgan fingerprint density at radius 2 is 1.65 bits per heavy atom. The standard InChI is InChI=1S/C12H14Cl3NO/c13-7-5-9(15)11(6-8(7)14)16-10-3-1-2-4-12(10)17/h5-6,10,12,16-17H,1-4H2/t10-,12-/m0/s1. The Hall–Kier alpha value is -0.150. The molecule has 2 atom stereocenters. The molecule has 0 aromatic heterocycles. The first-order valence-corrected chi connectivity index (χ1v) is 6.80. The lowest BCUT2D eigenvalue weighted by Gasteiger charge is -2.29. The Balaban J connectivity index is 2.15. The molecular formula is C12H14Cl3NO. The number of nitrogens with one attached hydrogen (secondary N) is 1. The molecule has 1 aromatic rings. The third-order valence-corrected chi connectivity index (χ3v) is 4.12. The molecular weight excluding hydrogens is 280 g/mol. The van der Waals surface area contributed by atoms with Gasteiger partial charge in [0.25, 0.3) is 0 Å². The first kappa shape index (κ1) is 13.3. The highest BCUT2D eigenvalue weighted by Gasteiger charge is 2.23. The van der Waals surface area contributed by atoms with Gasteiger partial charge < -0.3 is 10.4 Å². The molecule has 0 heterocycles. The molecule has 1 aliphatic rings. The lowest BCUT2D eigenvalue weighted by molar-refractivity contribution is 0.116. The summed E-state index contributed by atoms with van der Waals surface area (Å²) in [4.78, 5) is 0. The van der Waals surface area contributed by atoms with Gasteiger partial charge in [-0.3, -0.25) is 0 Å². The van der Waals surface area contributed by atoms with Crippen LogP contribution in [-0.2, 0) is 0 Å². The van der Waals surface area contributed by atoms with E-state index in [0.717, 1.165) is 31.4 Å². The summed E-state index contributed by atoms with van der Waals surface area (Å²) in [7, 11) is 0. The first-order chi connectivity index (χ1) is 8.08. The Morgan fingerprint density at radius 1 is 1.00 bits per heavy atom. The maximum Gasteiger partial charge on any atom is 0.0741 e. The SMILES string of the molecule is O[C@H]1CCCC[C@@H]1Nc1cc(Cl)c(Cl)cc1Cl. The molecule has 0 unspecified atom stereocenters. The Kier molecular flexibility index (Phi) is 4.42. The highest BCUT2D eigenvalue weighted by atomic mass is 35.5. The molecule has 0 aliphatic heterocycles. The summed E-state index contributed by atoms with van der Waals surface area (Å²) >= 11 is 17.9. The van der Waals surface area contributed by atoms with Crippen LogP contribution in [0.15, 0.2) is 12.1 Å². The molecule has 0 spiro atoms. The van der Waals surface area contributed by atoms with E-state index in [1.807, 2.05) is 0 Å². The van der Waals surface area contributed by atoms with Crippen molar-refractivity contribution >= 4 is 40.5 Å². The van der Waals surface area contributed by atoms with Crippen molar-refractivity contribution < 1.29 is 5.11 Å². The van der Waals surface area contributed by atoms with Crippen LogP contribution in [0.25, 0.3) is 0 Å². The molecule has 1 aliphatic carbocycles. The zero-order valence-electron chi connectivity index (χ0n) is 9.22. The van der Waals surface area contributed by atoms with E-state index in [1.54, 1.807) is 12.1 Å². The Labute approximate surface area is 116 Å². The van der Waals surface area contributed by atoms with Gasteiger partial charge in [-0.15, -0.1) is 0 Å². The maximum atomic E-state index is 9.88. The van der Waals surface area contributed by atoms with Crippen molar-refractivity contribution in [3.8, 4) is 0 Å². The second-order valence-electron chi connectivity index (χ2n) is 4.35. The second kappa shape index (κ2) is 5.66. The predicted molar refractivity (Wildman–Crippen MR) is 73.4 cm³/mol. The topological polar surface area (TPSA) is 32.3 Å². The number of aliphatic hydroxyl groups excluding tert-OH is 1. The minimum Gasteiger partial charge on any atom is -0.391 e. The molecule has 17 heavy (non-hydrogen) atoms. The highest BCUT2D eigenvalue weighted by Crippen LogP contribution is 2.33. The first-order valence-electron chi connectivity index (χ1n) is 5.67. The molecule has 0 amide bonds. The van der Waals surface area contributed by atoms with Crippen LogP contribution in [0.2, 0.25) is 15.1 Å². The van der Waals surface area contributed by atoms with Gasteiger partial charge in [0.15, 0.2) is 0 Å². The van der Waals surface area contributed by atoms with Crippen molar-refractivity contribution in [1.29, 1.82) is 0 Å². The average molecular weight is 295 g/mol. The van der Waals surface area contributed by atoms with Gasteiger partial charge in [-0.25, -0.2) is 0 Å². The third kappa shape index (κ3) is 3.19. The van der Waals surface area contributed by atoms with Crippen molar-refractivity contribution in [2.45, 2.75) is 37.8 Å². The second-order valence-corrected chi connectivity index (χ2v) is 5.57. The summed E-state index contributed by atoms with van der Waals surface area (Å²) in [6.45, 7) is 0. The predicted octanol–water partition coefficient (Wildman–Crippen LogP) is 4.36. The van der Waals surface area contributed by atoms with Gasteiger partial charge in [0.05, 0.1) is 32.9 Å². The number of benzene rings is 1. The van der Waals surface area contributed by atoms with Gasteiger partial charge in [0.1, 0.15) is 0 Å². The number of halogens is 3. The van der Waals surface area contributed by atoms with Crippen LogP contribution < -0.4 is 5.32 Å². The summed E-state index contributed by atoms with van der Waals surface area (Å²) in [6, 6.07) is 3.36. The lowest BCUT2D eigenvalue weighted by Crippen LogP contribution is -2.36. The van der Waals surface area contributed by atoms with E-state index in [0.29, 0.717) is 15.1 Å². The lowest BCUT2D eigenvalue weighted by atomic mass is 9.92. The number of rotatable bonds is 2. The molecule has 1 fully saturated rings. The fourth-order valence-electron chi connectivity index (χ4n) is 2.11. The van der Waals surface area contributed by atoms with Gasteiger partial charge in [-0.05, 0) is 25.0 Å². The molecule has 0 saturated heterocycles. The fourth-order valence-corrected chi connectivity index (χ4v) is 2.71. The summed E-state index contributed by atoms with van der Waals surface area (Å²) in [5, 5.41) is 14.5. The maximum absolute atomic E-state index is 9.88. The molecule has 2 N–H and O–H groups in total. The van der Waals surface area contributed by atoms with Gasteiger partial charge in [0.2, 0.25) is 0 Å². The summed E-state index contributed by atoms with van der Waals surface area (Å²) in [5.41, 5.74) is 0.729. The molecule has 5 heteroatoms. The Morgan fingerprint density at radius 3 is 2.35 bits per heavy atom. The molecule has 0 bridgehead atoms. The zero-order valence-corrected chi connectivity index (χ0v) is 11.5. The van der Waals surface area contributed by atoms with Crippen LogP contribution in [-0.4, -0.2) is 17.3 Å². The van der Waals surface area contributed by atoms with Crippen molar-refractivity contribution in [3.63, 3.8) is 0 Å². The average Bonchev–Trinajstić information content (AvgIpc) is 2.29. The van der Waals surface area contributed by atoms with Crippen LogP contribution in [0.3, 0.4) is 0 Å². The smallest absolute Gasteiger partial charge is 0.0741 e. The minimum atomic E-state index is -0.325. The van der Waals surface area contributed by atoms with Crippen molar-refractivity contribution in [2.75, 3.05) is 5.32 Å². The normalized spacial score (nSPS) is 24.7. The number of hydrogen-bond donors (Lipinski definition) is 2.